The first kappa shape index (κ1) is 10.5. The second kappa shape index (κ2) is 4.67. The molecule has 0 saturated heterocycles. The van der Waals surface area contributed by atoms with Crippen LogP contribution in [0.15, 0.2) is 42.7 Å². The Hall–Kier alpha value is -2.01. The van der Waals surface area contributed by atoms with Gasteiger partial charge in [0.25, 0.3) is 0 Å². The van der Waals surface area contributed by atoms with Crippen LogP contribution >= 0.6 is 0 Å². The van der Waals surface area contributed by atoms with E-state index in [0.29, 0.717) is 5.56 Å². The summed E-state index contributed by atoms with van der Waals surface area (Å²) < 4.78 is 14.9. The van der Waals surface area contributed by atoms with Crippen LogP contribution in [0.4, 0.5) is 4.39 Å². The molecule has 0 aliphatic carbocycles. The molecule has 1 heterocycles. The lowest BCUT2D eigenvalue weighted by atomic mass is 10.2. The van der Waals surface area contributed by atoms with E-state index in [9.17, 15) is 4.39 Å². The molecule has 0 fully saturated rings. The third-order valence-corrected chi connectivity index (χ3v) is 2.10. The Bertz CT molecular complexity index is 476. The summed E-state index contributed by atoms with van der Waals surface area (Å²) in [5.74, 6) is -0.437. The Morgan fingerprint density at radius 3 is 2.69 bits per heavy atom. The van der Waals surface area contributed by atoms with E-state index in [1.807, 2.05) is 0 Å². The zero-order valence-electron chi connectivity index (χ0n) is 8.42. The van der Waals surface area contributed by atoms with E-state index in [1.54, 1.807) is 41.3 Å². The first-order valence-electron chi connectivity index (χ1n) is 4.75. The summed E-state index contributed by atoms with van der Waals surface area (Å²) in [5.41, 5.74) is 1.23. The molecule has 0 saturated carbocycles. The van der Waals surface area contributed by atoms with Gasteiger partial charge in [-0.3, -0.25) is 0 Å². The van der Waals surface area contributed by atoms with Crippen molar-refractivity contribution in [2.45, 2.75) is 0 Å². The number of halogens is 1. The number of aromatic nitrogens is 3. The fourth-order valence-corrected chi connectivity index (χ4v) is 1.32. The quantitative estimate of drug-likeness (QED) is 0.852. The van der Waals surface area contributed by atoms with Crippen molar-refractivity contribution < 1.29 is 9.50 Å². The van der Waals surface area contributed by atoms with Crippen LogP contribution in [-0.4, -0.2) is 26.7 Å². The maximum absolute atomic E-state index is 13.3. The summed E-state index contributed by atoms with van der Waals surface area (Å²) >= 11 is 0. The van der Waals surface area contributed by atoms with Gasteiger partial charge >= 0.3 is 0 Å². The van der Waals surface area contributed by atoms with Crippen molar-refractivity contribution in [1.82, 2.24) is 15.0 Å². The van der Waals surface area contributed by atoms with Crippen LogP contribution in [0.5, 0.6) is 0 Å². The van der Waals surface area contributed by atoms with Crippen molar-refractivity contribution >= 4 is 5.83 Å². The van der Waals surface area contributed by atoms with E-state index in [0.717, 1.165) is 11.8 Å². The Labute approximate surface area is 91.6 Å². The summed E-state index contributed by atoms with van der Waals surface area (Å²) in [5, 5.41) is 16.1. The molecule has 5 heteroatoms. The predicted molar refractivity (Wildman–Crippen MR) is 57.5 cm³/mol. The number of aliphatic hydroxyl groups is 1. The van der Waals surface area contributed by atoms with Gasteiger partial charge in [-0.1, -0.05) is 5.21 Å². The molecular formula is C11H10FN3O. The molecule has 4 nitrogen and oxygen atoms in total. The third kappa shape index (κ3) is 2.14. The predicted octanol–water partition coefficient (Wildman–Crippen LogP) is 1.57. The second-order valence-electron chi connectivity index (χ2n) is 3.13. The molecule has 0 bridgehead atoms. The van der Waals surface area contributed by atoms with Gasteiger partial charge in [-0.15, -0.1) is 5.10 Å². The number of rotatable bonds is 3. The Morgan fingerprint density at radius 2 is 2.12 bits per heavy atom. The summed E-state index contributed by atoms with van der Waals surface area (Å²) in [4.78, 5) is 0. The molecule has 1 N–H and O–H groups in total. The van der Waals surface area contributed by atoms with Crippen LogP contribution < -0.4 is 0 Å². The Kier molecular flexibility index (Phi) is 3.07. The van der Waals surface area contributed by atoms with E-state index in [-0.39, 0.29) is 6.61 Å². The average molecular weight is 219 g/mol. The first-order valence-corrected chi connectivity index (χ1v) is 4.75. The summed E-state index contributed by atoms with van der Waals surface area (Å²) in [6.07, 6.45) is 4.39. The molecule has 0 atom stereocenters. The minimum Gasteiger partial charge on any atom is -0.392 e. The zero-order chi connectivity index (χ0) is 11.4. The van der Waals surface area contributed by atoms with Crippen LogP contribution in [0, 0.1) is 0 Å². The van der Waals surface area contributed by atoms with Crippen molar-refractivity contribution in [3.8, 4) is 5.69 Å². The molecule has 0 aliphatic rings. The van der Waals surface area contributed by atoms with Gasteiger partial charge in [0, 0.05) is 5.56 Å². The van der Waals surface area contributed by atoms with Gasteiger partial charge in [0.2, 0.25) is 0 Å². The standard InChI is InChI=1S/C11H10FN3O/c12-11(5-8-16)9-1-3-10(4-2-9)15-7-6-13-14-15/h1-7,16H,8H2. The van der Waals surface area contributed by atoms with Crippen LogP contribution in [0.3, 0.4) is 0 Å². The van der Waals surface area contributed by atoms with Crippen LogP contribution in [0.2, 0.25) is 0 Å². The van der Waals surface area contributed by atoms with Crippen molar-refractivity contribution in [2.24, 2.45) is 0 Å². The van der Waals surface area contributed by atoms with Gasteiger partial charge in [0.1, 0.15) is 5.83 Å². The van der Waals surface area contributed by atoms with E-state index in [1.165, 1.54) is 0 Å². The fourth-order valence-electron chi connectivity index (χ4n) is 1.32. The van der Waals surface area contributed by atoms with Crippen molar-refractivity contribution in [3.63, 3.8) is 0 Å². The van der Waals surface area contributed by atoms with E-state index in [2.05, 4.69) is 10.3 Å². The highest BCUT2D eigenvalue weighted by Crippen LogP contribution is 2.17. The van der Waals surface area contributed by atoms with E-state index < -0.39 is 5.83 Å². The Morgan fingerprint density at radius 1 is 1.38 bits per heavy atom. The molecule has 1 aromatic heterocycles. The highest BCUT2D eigenvalue weighted by atomic mass is 19.1. The molecule has 0 radical (unpaired) electrons. The third-order valence-electron chi connectivity index (χ3n) is 2.10. The van der Waals surface area contributed by atoms with Crippen LogP contribution in [-0.2, 0) is 0 Å². The number of hydrogen-bond acceptors (Lipinski definition) is 3. The minimum absolute atomic E-state index is 0.309. The Balaban J connectivity index is 2.26. The highest BCUT2D eigenvalue weighted by molar-refractivity contribution is 5.60. The number of benzene rings is 1. The molecular weight excluding hydrogens is 209 g/mol. The lowest BCUT2D eigenvalue weighted by Gasteiger charge is -2.01. The smallest absolute Gasteiger partial charge is 0.128 e. The minimum atomic E-state index is -0.437. The summed E-state index contributed by atoms with van der Waals surface area (Å²) in [7, 11) is 0. The highest BCUT2D eigenvalue weighted by Gasteiger charge is 2.01. The number of aliphatic hydroxyl groups excluding tert-OH is 1. The van der Waals surface area contributed by atoms with Gasteiger partial charge < -0.3 is 5.11 Å². The second-order valence-corrected chi connectivity index (χ2v) is 3.13. The largest absolute Gasteiger partial charge is 0.392 e. The van der Waals surface area contributed by atoms with Crippen molar-refractivity contribution in [2.75, 3.05) is 6.61 Å². The van der Waals surface area contributed by atoms with Crippen molar-refractivity contribution in [3.05, 3.63) is 48.3 Å². The average Bonchev–Trinajstić information content (AvgIpc) is 2.83. The van der Waals surface area contributed by atoms with Gasteiger partial charge in [-0.25, -0.2) is 9.07 Å². The lowest BCUT2D eigenvalue weighted by molar-refractivity contribution is 0.342. The molecule has 1 aromatic carbocycles. The normalized spacial score (nSPS) is 11.8. The number of nitrogens with zero attached hydrogens (tertiary/aromatic N) is 3. The first-order chi connectivity index (χ1) is 7.81. The summed E-state index contributed by atoms with van der Waals surface area (Å²) in [6, 6.07) is 6.71. The molecule has 2 aromatic rings. The van der Waals surface area contributed by atoms with Gasteiger partial charge in [-0.2, -0.15) is 0 Å². The van der Waals surface area contributed by atoms with Gasteiger partial charge in [0.15, 0.2) is 0 Å². The molecule has 0 spiro atoms. The van der Waals surface area contributed by atoms with Crippen LogP contribution in [0.1, 0.15) is 5.56 Å². The molecule has 0 unspecified atom stereocenters. The number of hydrogen-bond donors (Lipinski definition) is 1. The van der Waals surface area contributed by atoms with Crippen molar-refractivity contribution in [1.29, 1.82) is 0 Å². The monoisotopic (exact) mass is 219 g/mol. The molecule has 0 amide bonds. The fraction of sp³-hybridized carbons (Fsp3) is 0.0909. The van der Waals surface area contributed by atoms with Crippen LogP contribution in [0.25, 0.3) is 11.5 Å². The molecule has 0 aliphatic heterocycles. The topological polar surface area (TPSA) is 50.9 Å². The summed E-state index contributed by atoms with van der Waals surface area (Å²) in [6.45, 7) is -0.309. The maximum Gasteiger partial charge on any atom is 0.128 e. The maximum atomic E-state index is 13.3. The lowest BCUT2D eigenvalue weighted by Crippen LogP contribution is -1.94. The zero-order valence-corrected chi connectivity index (χ0v) is 8.42. The SMILES string of the molecule is OCC=C(F)c1ccc(-n2ccnn2)cc1. The molecule has 16 heavy (non-hydrogen) atoms. The van der Waals surface area contributed by atoms with E-state index >= 15 is 0 Å². The van der Waals surface area contributed by atoms with Gasteiger partial charge in [-0.05, 0) is 30.3 Å². The molecule has 82 valence electrons. The van der Waals surface area contributed by atoms with E-state index in [4.69, 9.17) is 5.11 Å². The van der Waals surface area contributed by atoms with Gasteiger partial charge in [0.05, 0.1) is 24.7 Å². The molecule has 2 rings (SSSR count).